The predicted octanol–water partition coefficient (Wildman–Crippen LogP) is 2.39. The first-order valence-electron chi connectivity index (χ1n) is 5.91. The highest BCUT2D eigenvalue weighted by atomic mass is 35.5. The smallest absolute Gasteiger partial charge is 0.140 e. The lowest BCUT2D eigenvalue weighted by atomic mass is 10.2. The predicted molar refractivity (Wildman–Crippen MR) is 70.9 cm³/mol. The van der Waals surface area contributed by atoms with Crippen molar-refractivity contribution in [1.29, 1.82) is 0 Å². The van der Waals surface area contributed by atoms with Crippen molar-refractivity contribution >= 4 is 11.6 Å². The molecule has 1 rings (SSSR count). The van der Waals surface area contributed by atoms with Crippen LogP contribution < -0.4 is 10.1 Å². The van der Waals surface area contributed by atoms with Crippen LogP contribution in [0.25, 0.3) is 0 Å². The fourth-order valence-electron chi connectivity index (χ4n) is 1.55. The monoisotopic (exact) mass is 257 g/mol. The van der Waals surface area contributed by atoms with Crippen LogP contribution in [0.3, 0.4) is 0 Å². The standard InChI is InChI=1S/C13H20ClNO2/c1-3-11(9-16)15-7-8-17-13-10(2)5-4-6-12(13)14/h4-6,11,15-16H,3,7-9H2,1-2H3. The molecular formula is C13H20ClNO2. The molecule has 0 aromatic heterocycles. The molecule has 2 N–H and O–H groups in total. The molecule has 0 saturated heterocycles. The average molecular weight is 258 g/mol. The number of aliphatic hydroxyl groups excluding tert-OH is 1. The quantitative estimate of drug-likeness (QED) is 0.737. The number of hydrogen-bond acceptors (Lipinski definition) is 3. The lowest BCUT2D eigenvalue weighted by molar-refractivity contribution is 0.227. The minimum Gasteiger partial charge on any atom is -0.490 e. The third kappa shape index (κ3) is 4.54. The van der Waals surface area contributed by atoms with Crippen LogP contribution in [0, 0.1) is 6.92 Å². The Morgan fingerprint density at radius 3 is 2.82 bits per heavy atom. The zero-order valence-corrected chi connectivity index (χ0v) is 11.1. The van der Waals surface area contributed by atoms with Gasteiger partial charge in [0.15, 0.2) is 0 Å². The van der Waals surface area contributed by atoms with Gasteiger partial charge in [-0.3, -0.25) is 0 Å². The summed E-state index contributed by atoms with van der Waals surface area (Å²) in [4.78, 5) is 0. The van der Waals surface area contributed by atoms with Crippen LogP contribution in [0.2, 0.25) is 5.02 Å². The van der Waals surface area contributed by atoms with Gasteiger partial charge >= 0.3 is 0 Å². The maximum atomic E-state index is 9.01. The Hall–Kier alpha value is -0.770. The van der Waals surface area contributed by atoms with Gasteiger partial charge in [0.05, 0.1) is 11.6 Å². The second-order valence-electron chi connectivity index (χ2n) is 3.98. The van der Waals surface area contributed by atoms with Crippen LogP contribution in [0.4, 0.5) is 0 Å². The lowest BCUT2D eigenvalue weighted by Crippen LogP contribution is -2.34. The van der Waals surface area contributed by atoms with Crippen LogP contribution in [0.15, 0.2) is 18.2 Å². The molecule has 1 aromatic rings. The third-order valence-electron chi connectivity index (χ3n) is 2.66. The highest BCUT2D eigenvalue weighted by molar-refractivity contribution is 6.32. The van der Waals surface area contributed by atoms with Gasteiger partial charge in [0, 0.05) is 12.6 Å². The topological polar surface area (TPSA) is 41.5 Å². The first-order chi connectivity index (χ1) is 8.19. The highest BCUT2D eigenvalue weighted by Crippen LogP contribution is 2.27. The minimum atomic E-state index is 0.144. The Kier molecular flexibility index (Phi) is 6.34. The van der Waals surface area contributed by atoms with Crippen LogP contribution in [-0.2, 0) is 0 Å². The molecule has 0 aliphatic carbocycles. The molecule has 1 unspecified atom stereocenters. The number of aryl methyl sites for hydroxylation is 1. The molecule has 0 saturated carbocycles. The van der Waals surface area contributed by atoms with Gasteiger partial charge in [-0.25, -0.2) is 0 Å². The van der Waals surface area contributed by atoms with E-state index in [4.69, 9.17) is 21.4 Å². The van der Waals surface area contributed by atoms with Crippen molar-refractivity contribution < 1.29 is 9.84 Å². The van der Waals surface area contributed by atoms with E-state index in [1.165, 1.54) is 0 Å². The van der Waals surface area contributed by atoms with Gasteiger partial charge in [-0.1, -0.05) is 30.7 Å². The van der Waals surface area contributed by atoms with Crippen molar-refractivity contribution in [3.05, 3.63) is 28.8 Å². The van der Waals surface area contributed by atoms with E-state index >= 15 is 0 Å². The van der Waals surface area contributed by atoms with Gasteiger partial charge < -0.3 is 15.2 Å². The normalized spacial score (nSPS) is 12.5. The van der Waals surface area contributed by atoms with Gasteiger partial charge in [0.2, 0.25) is 0 Å². The Labute approximate surface area is 108 Å². The molecule has 96 valence electrons. The molecule has 0 fully saturated rings. The summed E-state index contributed by atoms with van der Waals surface area (Å²) in [7, 11) is 0. The van der Waals surface area contributed by atoms with Crippen molar-refractivity contribution in [3.63, 3.8) is 0 Å². The van der Waals surface area contributed by atoms with Crippen molar-refractivity contribution in [3.8, 4) is 5.75 Å². The number of aliphatic hydroxyl groups is 1. The Morgan fingerprint density at radius 2 is 2.24 bits per heavy atom. The number of benzene rings is 1. The Balaban J connectivity index is 2.36. The van der Waals surface area contributed by atoms with Crippen LogP contribution in [0.1, 0.15) is 18.9 Å². The summed E-state index contributed by atoms with van der Waals surface area (Å²) in [5.74, 6) is 0.744. The SMILES string of the molecule is CCC(CO)NCCOc1c(C)cccc1Cl. The minimum absolute atomic E-state index is 0.144. The van der Waals surface area contributed by atoms with Crippen LogP contribution in [-0.4, -0.2) is 30.9 Å². The summed E-state index contributed by atoms with van der Waals surface area (Å²) < 4.78 is 5.63. The highest BCUT2D eigenvalue weighted by Gasteiger charge is 2.06. The maximum absolute atomic E-state index is 9.01. The zero-order chi connectivity index (χ0) is 12.7. The molecule has 3 nitrogen and oxygen atoms in total. The van der Waals surface area contributed by atoms with Gasteiger partial charge in [-0.2, -0.15) is 0 Å². The summed E-state index contributed by atoms with van der Waals surface area (Å²) >= 11 is 6.04. The van der Waals surface area contributed by atoms with E-state index in [0.717, 1.165) is 17.7 Å². The average Bonchev–Trinajstić information content (AvgIpc) is 2.32. The van der Waals surface area contributed by atoms with E-state index < -0.39 is 0 Å². The zero-order valence-electron chi connectivity index (χ0n) is 10.4. The number of rotatable bonds is 7. The number of para-hydroxylation sites is 1. The van der Waals surface area contributed by atoms with Gasteiger partial charge in [0.1, 0.15) is 12.4 Å². The molecule has 1 aromatic carbocycles. The molecule has 0 bridgehead atoms. The number of nitrogens with one attached hydrogen (secondary N) is 1. The first kappa shape index (κ1) is 14.3. The van der Waals surface area contributed by atoms with Crippen LogP contribution >= 0.6 is 11.6 Å². The molecule has 0 aliphatic heterocycles. The molecule has 0 spiro atoms. The van der Waals surface area contributed by atoms with E-state index in [2.05, 4.69) is 5.32 Å². The molecule has 0 radical (unpaired) electrons. The lowest BCUT2D eigenvalue weighted by Gasteiger charge is -2.15. The molecule has 4 heteroatoms. The Bertz CT molecular complexity index is 320. The van der Waals surface area contributed by atoms with Crippen molar-refractivity contribution in [2.24, 2.45) is 0 Å². The van der Waals surface area contributed by atoms with Crippen molar-refractivity contribution in [2.75, 3.05) is 19.8 Å². The molecule has 17 heavy (non-hydrogen) atoms. The second-order valence-corrected chi connectivity index (χ2v) is 4.38. The fraction of sp³-hybridized carbons (Fsp3) is 0.538. The van der Waals surface area contributed by atoms with Gasteiger partial charge in [-0.05, 0) is 25.0 Å². The summed E-state index contributed by atoms with van der Waals surface area (Å²) in [6.45, 7) is 5.40. The molecule has 0 amide bonds. The van der Waals surface area contributed by atoms with E-state index in [1.807, 2.05) is 32.0 Å². The van der Waals surface area contributed by atoms with Crippen molar-refractivity contribution in [2.45, 2.75) is 26.3 Å². The third-order valence-corrected chi connectivity index (χ3v) is 2.96. The van der Waals surface area contributed by atoms with Crippen molar-refractivity contribution in [1.82, 2.24) is 5.32 Å². The summed E-state index contributed by atoms with van der Waals surface area (Å²) in [5, 5.41) is 12.9. The molecule has 0 heterocycles. The number of ether oxygens (including phenoxy) is 1. The van der Waals surface area contributed by atoms with E-state index in [-0.39, 0.29) is 12.6 Å². The van der Waals surface area contributed by atoms with Gasteiger partial charge in [-0.15, -0.1) is 0 Å². The molecule has 0 aliphatic rings. The number of halogens is 1. The van der Waals surface area contributed by atoms with Crippen LogP contribution in [0.5, 0.6) is 5.75 Å². The largest absolute Gasteiger partial charge is 0.490 e. The summed E-state index contributed by atoms with van der Waals surface area (Å²) in [5.41, 5.74) is 1.03. The summed E-state index contributed by atoms with van der Waals surface area (Å²) in [6.07, 6.45) is 0.904. The van der Waals surface area contributed by atoms with E-state index in [9.17, 15) is 0 Å². The Morgan fingerprint density at radius 1 is 1.47 bits per heavy atom. The molecular weight excluding hydrogens is 238 g/mol. The number of hydrogen-bond donors (Lipinski definition) is 2. The maximum Gasteiger partial charge on any atom is 0.140 e. The summed E-state index contributed by atoms with van der Waals surface area (Å²) in [6, 6.07) is 5.84. The van der Waals surface area contributed by atoms with E-state index in [0.29, 0.717) is 18.2 Å². The van der Waals surface area contributed by atoms with Gasteiger partial charge in [0.25, 0.3) is 0 Å². The second kappa shape index (κ2) is 7.54. The fourth-order valence-corrected chi connectivity index (χ4v) is 1.83. The molecule has 1 atom stereocenters. The first-order valence-corrected chi connectivity index (χ1v) is 6.29. The van der Waals surface area contributed by atoms with E-state index in [1.54, 1.807) is 0 Å².